The van der Waals surface area contributed by atoms with E-state index in [0.29, 0.717) is 13.0 Å². The molecule has 0 bridgehead atoms. The van der Waals surface area contributed by atoms with Crippen molar-refractivity contribution in [3.05, 3.63) is 29.3 Å². The fourth-order valence-electron chi connectivity index (χ4n) is 3.68. The highest BCUT2D eigenvalue weighted by atomic mass is 16.2. The standard InChI is InChI=1S/C19H26N2O2/c1-14-8-7-9-17(15(14)2)21-13-16(12-18(21)22)19(23)20-10-5-3-4-6-11-20/h7-9,16H,3-6,10-13H2,1-2H3. The molecule has 0 N–H and O–H groups in total. The van der Waals surface area contributed by atoms with Crippen LogP contribution in [0, 0.1) is 19.8 Å². The molecule has 0 spiro atoms. The molecule has 1 aromatic carbocycles. The molecule has 2 fully saturated rings. The molecule has 2 saturated heterocycles. The number of anilines is 1. The lowest BCUT2D eigenvalue weighted by Crippen LogP contribution is -2.38. The molecule has 2 aliphatic heterocycles. The summed E-state index contributed by atoms with van der Waals surface area (Å²) in [6.07, 6.45) is 4.95. The lowest BCUT2D eigenvalue weighted by atomic mass is 10.1. The third-order valence-corrected chi connectivity index (χ3v) is 5.26. The Labute approximate surface area is 138 Å². The summed E-state index contributed by atoms with van der Waals surface area (Å²) in [6, 6.07) is 6.02. The van der Waals surface area contributed by atoms with Crippen molar-refractivity contribution in [2.45, 2.75) is 46.0 Å². The van der Waals surface area contributed by atoms with Crippen molar-refractivity contribution in [2.75, 3.05) is 24.5 Å². The van der Waals surface area contributed by atoms with Gasteiger partial charge in [-0.1, -0.05) is 25.0 Å². The summed E-state index contributed by atoms with van der Waals surface area (Å²) in [7, 11) is 0. The molecule has 23 heavy (non-hydrogen) atoms. The first kappa shape index (κ1) is 16.0. The molecule has 0 radical (unpaired) electrons. The highest BCUT2D eigenvalue weighted by molar-refractivity contribution is 6.00. The van der Waals surface area contributed by atoms with E-state index in [1.807, 2.05) is 28.9 Å². The lowest BCUT2D eigenvalue weighted by molar-refractivity contribution is -0.135. The Balaban J connectivity index is 1.74. The van der Waals surface area contributed by atoms with Gasteiger partial charge in [0.05, 0.1) is 5.92 Å². The number of rotatable bonds is 2. The number of aryl methyl sites for hydroxylation is 1. The van der Waals surface area contributed by atoms with Crippen molar-refractivity contribution in [2.24, 2.45) is 5.92 Å². The van der Waals surface area contributed by atoms with E-state index in [1.54, 1.807) is 0 Å². The molecule has 1 unspecified atom stereocenters. The van der Waals surface area contributed by atoms with Crippen molar-refractivity contribution in [1.29, 1.82) is 0 Å². The lowest BCUT2D eigenvalue weighted by Gasteiger charge is -2.24. The Hall–Kier alpha value is -1.84. The molecule has 0 aliphatic carbocycles. The summed E-state index contributed by atoms with van der Waals surface area (Å²) < 4.78 is 0. The number of amides is 2. The Morgan fingerprint density at radius 3 is 2.48 bits per heavy atom. The smallest absolute Gasteiger partial charge is 0.228 e. The van der Waals surface area contributed by atoms with Crippen LogP contribution in [0.5, 0.6) is 0 Å². The molecule has 0 aromatic heterocycles. The predicted molar refractivity (Wildman–Crippen MR) is 91.4 cm³/mol. The number of nitrogens with zero attached hydrogens (tertiary/aromatic N) is 2. The van der Waals surface area contributed by atoms with Gasteiger partial charge in [-0.05, 0) is 43.9 Å². The van der Waals surface area contributed by atoms with Crippen molar-refractivity contribution in [3.63, 3.8) is 0 Å². The monoisotopic (exact) mass is 314 g/mol. The molecule has 3 rings (SSSR count). The molecule has 4 heteroatoms. The first-order valence-electron chi connectivity index (χ1n) is 8.73. The number of hydrogen-bond acceptors (Lipinski definition) is 2. The van der Waals surface area contributed by atoms with Gasteiger partial charge in [0, 0.05) is 31.7 Å². The quantitative estimate of drug-likeness (QED) is 0.842. The molecule has 4 nitrogen and oxygen atoms in total. The van der Waals surface area contributed by atoms with Crippen LogP contribution in [0.1, 0.15) is 43.2 Å². The van der Waals surface area contributed by atoms with Gasteiger partial charge in [0.1, 0.15) is 0 Å². The van der Waals surface area contributed by atoms with Crippen LogP contribution >= 0.6 is 0 Å². The Morgan fingerprint density at radius 2 is 1.78 bits per heavy atom. The zero-order valence-electron chi connectivity index (χ0n) is 14.2. The zero-order valence-corrected chi connectivity index (χ0v) is 14.2. The van der Waals surface area contributed by atoms with Gasteiger partial charge in [-0.25, -0.2) is 0 Å². The summed E-state index contributed by atoms with van der Waals surface area (Å²) in [4.78, 5) is 29.0. The van der Waals surface area contributed by atoms with Crippen LogP contribution in [0.25, 0.3) is 0 Å². The summed E-state index contributed by atoms with van der Waals surface area (Å²) >= 11 is 0. The van der Waals surface area contributed by atoms with Crippen molar-refractivity contribution in [1.82, 2.24) is 4.90 Å². The summed E-state index contributed by atoms with van der Waals surface area (Å²) in [5.74, 6) is 0.0699. The van der Waals surface area contributed by atoms with Crippen LogP contribution in [-0.2, 0) is 9.59 Å². The van der Waals surface area contributed by atoms with Gasteiger partial charge < -0.3 is 9.80 Å². The molecule has 2 heterocycles. The fraction of sp³-hybridized carbons (Fsp3) is 0.579. The van der Waals surface area contributed by atoms with Gasteiger partial charge in [-0.3, -0.25) is 9.59 Å². The van der Waals surface area contributed by atoms with Gasteiger partial charge in [0.2, 0.25) is 11.8 Å². The number of hydrogen-bond donors (Lipinski definition) is 0. The van der Waals surface area contributed by atoms with E-state index >= 15 is 0 Å². The number of likely N-dealkylation sites (tertiary alicyclic amines) is 1. The molecule has 1 atom stereocenters. The number of carbonyl (C=O) groups is 2. The first-order chi connectivity index (χ1) is 11.1. The molecule has 2 aliphatic rings. The van der Waals surface area contributed by atoms with Crippen molar-refractivity contribution < 1.29 is 9.59 Å². The zero-order chi connectivity index (χ0) is 16.4. The molecule has 124 valence electrons. The minimum Gasteiger partial charge on any atom is -0.342 e. The maximum Gasteiger partial charge on any atom is 0.228 e. The molecular weight excluding hydrogens is 288 g/mol. The molecular formula is C19H26N2O2. The second-order valence-corrected chi connectivity index (χ2v) is 6.86. The van der Waals surface area contributed by atoms with Crippen LogP contribution in [-0.4, -0.2) is 36.3 Å². The van der Waals surface area contributed by atoms with E-state index in [1.165, 1.54) is 18.4 Å². The van der Waals surface area contributed by atoms with Crippen LogP contribution in [0.3, 0.4) is 0 Å². The van der Waals surface area contributed by atoms with Gasteiger partial charge in [0.15, 0.2) is 0 Å². The fourth-order valence-corrected chi connectivity index (χ4v) is 3.68. The van der Waals surface area contributed by atoms with E-state index in [4.69, 9.17) is 0 Å². The summed E-state index contributed by atoms with van der Waals surface area (Å²) in [5.41, 5.74) is 3.27. The summed E-state index contributed by atoms with van der Waals surface area (Å²) in [5, 5.41) is 0. The van der Waals surface area contributed by atoms with Crippen LogP contribution in [0.15, 0.2) is 18.2 Å². The van der Waals surface area contributed by atoms with Gasteiger partial charge in [-0.2, -0.15) is 0 Å². The van der Waals surface area contributed by atoms with Crippen molar-refractivity contribution in [3.8, 4) is 0 Å². The van der Waals surface area contributed by atoms with E-state index in [9.17, 15) is 9.59 Å². The third kappa shape index (κ3) is 3.26. The highest BCUT2D eigenvalue weighted by Crippen LogP contribution is 2.30. The van der Waals surface area contributed by atoms with Crippen LogP contribution in [0.4, 0.5) is 5.69 Å². The van der Waals surface area contributed by atoms with E-state index in [0.717, 1.165) is 37.2 Å². The normalized spacial score (nSPS) is 22.3. The first-order valence-corrected chi connectivity index (χ1v) is 8.73. The SMILES string of the molecule is Cc1cccc(N2CC(C(=O)N3CCCCCC3)CC2=O)c1C. The Bertz CT molecular complexity index is 603. The minimum absolute atomic E-state index is 0.0758. The van der Waals surface area contributed by atoms with E-state index < -0.39 is 0 Å². The van der Waals surface area contributed by atoms with Gasteiger partial charge in [0.25, 0.3) is 0 Å². The Morgan fingerprint density at radius 1 is 1.09 bits per heavy atom. The van der Waals surface area contributed by atoms with Crippen molar-refractivity contribution >= 4 is 17.5 Å². The Kier molecular flexibility index (Phi) is 4.69. The average Bonchev–Trinajstić information content (AvgIpc) is 2.76. The maximum absolute atomic E-state index is 12.8. The number of carbonyl (C=O) groups excluding carboxylic acids is 2. The highest BCUT2D eigenvalue weighted by Gasteiger charge is 2.37. The summed E-state index contributed by atoms with van der Waals surface area (Å²) in [6.45, 7) is 6.33. The predicted octanol–water partition coefficient (Wildman–Crippen LogP) is 3.06. The molecule has 2 amide bonds. The molecule has 1 aromatic rings. The average molecular weight is 314 g/mol. The minimum atomic E-state index is -0.180. The third-order valence-electron chi connectivity index (χ3n) is 5.26. The van der Waals surface area contributed by atoms with E-state index in [2.05, 4.69) is 13.0 Å². The van der Waals surface area contributed by atoms with Gasteiger partial charge >= 0.3 is 0 Å². The molecule has 0 saturated carbocycles. The van der Waals surface area contributed by atoms with Gasteiger partial charge in [-0.15, -0.1) is 0 Å². The van der Waals surface area contributed by atoms with Crippen LogP contribution in [0.2, 0.25) is 0 Å². The topological polar surface area (TPSA) is 40.6 Å². The number of benzene rings is 1. The second kappa shape index (κ2) is 6.73. The maximum atomic E-state index is 12.8. The largest absolute Gasteiger partial charge is 0.342 e. The van der Waals surface area contributed by atoms with Crippen LogP contribution < -0.4 is 4.90 Å². The van der Waals surface area contributed by atoms with E-state index in [-0.39, 0.29) is 17.7 Å². The second-order valence-electron chi connectivity index (χ2n) is 6.86.